The number of nitrogens with one attached hydrogen (secondary N) is 1. The van der Waals surface area contributed by atoms with E-state index in [0.29, 0.717) is 12.3 Å². The molecule has 1 aliphatic rings. The monoisotopic (exact) mass is 518 g/mol. The standard InChI is InChI=1S/C21H34N4O3.HI/c1-22-21(25(4)11-8-17-9-12-27-13-10-17)23-15-18-6-5-7-19(14-18)28-16-20(26)24(2)3;/h5-7,14,17H,8-13,15-16H2,1-4H3,(H,22,23);1H. The van der Waals surface area contributed by atoms with Crippen LogP contribution in [0.5, 0.6) is 5.75 Å². The molecule has 0 bridgehead atoms. The highest BCUT2D eigenvalue weighted by molar-refractivity contribution is 14.0. The second-order valence-electron chi connectivity index (χ2n) is 7.39. The molecule has 0 aliphatic carbocycles. The van der Waals surface area contributed by atoms with Gasteiger partial charge < -0.3 is 24.6 Å². The Morgan fingerprint density at radius 1 is 1.28 bits per heavy atom. The van der Waals surface area contributed by atoms with Crippen molar-refractivity contribution in [2.75, 3.05) is 54.6 Å². The number of halogens is 1. The first kappa shape index (κ1) is 25.5. The van der Waals surface area contributed by atoms with Crippen molar-refractivity contribution in [2.24, 2.45) is 10.9 Å². The van der Waals surface area contributed by atoms with E-state index in [1.807, 2.05) is 24.3 Å². The molecule has 1 aromatic rings. The van der Waals surface area contributed by atoms with E-state index in [0.717, 1.165) is 56.5 Å². The van der Waals surface area contributed by atoms with Gasteiger partial charge in [0.25, 0.3) is 5.91 Å². The minimum Gasteiger partial charge on any atom is -0.484 e. The summed E-state index contributed by atoms with van der Waals surface area (Å²) >= 11 is 0. The van der Waals surface area contributed by atoms with Crippen molar-refractivity contribution in [3.63, 3.8) is 0 Å². The molecule has 0 saturated carbocycles. The van der Waals surface area contributed by atoms with Gasteiger partial charge in [0, 0.05) is 54.5 Å². The summed E-state index contributed by atoms with van der Waals surface area (Å²) < 4.78 is 11.0. The van der Waals surface area contributed by atoms with Gasteiger partial charge in [0.05, 0.1) is 0 Å². The van der Waals surface area contributed by atoms with E-state index in [2.05, 4.69) is 22.3 Å². The number of carbonyl (C=O) groups is 1. The van der Waals surface area contributed by atoms with Crippen LogP contribution in [0, 0.1) is 5.92 Å². The Morgan fingerprint density at radius 3 is 2.66 bits per heavy atom. The van der Waals surface area contributed by atoms with Crippen LogP contribution in [-0.4, -0.2) is 76.2 Å². The fraction of sp³-hybridized carbons (Fsp3) is 0.619. The molecule has 8 heteroatoms. The van der Waals surface area contributed by atoms with E-state index in [-0.39, 0.29) is 36.5 Å². The molecule has 1 aliphatic heterocycles. The van der Waals surface area contributed by atoms with Gasteiger partial charge in [0.2, 0.25) is 0 Å². The molecule has 0 radical (unpaired) electrons. The van der Waals surface area contributed by atoms with Crippen LogP contribution in [0.3, 0.4) is 0 Å². The van der Waals surface area contributed by atoms with Crippen LogP contribution in [-0.2, 0) is 16.1 Å². The van der Waals surface area contributed by atoms with E-state index in [4.69, 9.17) is 9.47 Å². The molecule has 0 spiro atoms. The lowest BCUT2D eigenvalue weighted by molar-refractivity contribution is -0.130. The van der Waals surface area contributed by atoms with Gasteiger partial charge in [-0.15, -0.1) is 24.0 Å². The van der Waals surface area contributed by atoms with E-state index < -0.39 is 0 Å². The maximum Gasteiger partial charge on any atom is 0.259 e. The number of hydrogen-bond acceptors (Lipinski definition) is 4. The summed E-state index contributed by atoms with van der Waals surface area (Å²) in [4.78, 5) is 19.8. The first-order valence-corrected chi connectivity index (χ1v) is 9.91. The Kier molecular flexibility index (Phi) is 12.0. The molecular weight excluding hydrogens is 483 g/mol. The van der Waals surface area contributed by atoms with Crippen LogP contribution in [0.1, 0.15) is 24.8 Å². The zero-order valence-electron chi connectivity index (χ0n) is 18.0. The third-order valence-electron chi connectivity index (χ3n) is 5.00. The number of aliphatic imine (C=N–C) groups is 1. The largest absolute Gasteiger partial charge is 0.484 e. The maximum atomic E-state index is 11.7. The summed E-state index contributed by atoms with van der Waals surface area (Å²) in [5, 5.41) is 3.40. The van der Waals surface area contributed by atoms with Crippen LogP contribution in [0.4, 0.5) is 0 Å². The molecule has 1 N–H and O–H groups in total. The summed E-state index contributed by atoms with van der Waals surface area (Å²) in [6, 6.07) is 7.78. The van der Waals surface area contributed by atoms with Gasteiger partial charge in [-0.3, -0.25) is 9.79 Å². The molecule has 7 nitrogen and oxygen atoms in total. The van der Waals surface area contributed by atoms with Gasteiger partial charge in [-0.2, -0.15) is 0 Å². The van der Waals surface area contributed by atoms with Gasteiger partial charge in [-0.25, -0.2) is 0 Å². The summed E-state index contributed by atoms with van der Waals surface area (Å²) in [6.45, 7) is 3.44. The topological polar surface area (TPSA) is 66.4 Å². The molecule has 1 amide bonds. The maximum absolute atomic E-state index is 11.7. The molecule has 1 aromatic carbocycles. The van der Waals surface area contributed by atoms with Crippen molar-refractivity contribution in [1.82, 2.24) is 15.1 Å². The predicted octanol–water partition coefficient (Wildman–Crippen LogP) is 2.60. The Labute approximate surface area is 191 Å². The van der Waals surface area contributed by atoms with Crippen LogP contribution in [0.25, 0.3) is 0 Å². The van der Waals surface area contributed by atoms with Crippen LogP contribution in [0.15, 0.2) is 29.3 Å². The number of rotatable bonds is 8. The van der Waals surface area contributed by atoms with Crippen molar-refractivity contribution in [1.29, 1.82) is 0 Å². The van der Waals surface area contributed by atoms with E-state index in [9.17, 15) is 4.79 Å². The van der Waals surface area contributed by atoms with E-state index in [1.54, 1.807) is 21.1 Å². The summed E-state index contributed by atoms with van der Waals surface area (Å²) in [5.41, 5.74) is 1.08. The zero-order valence-corrected chi connectivity index (χ0v) is 20.3. The summed E-state index contributed by atoms with van der Waals surface area (Å²) in [5.74, 6) is 2.25. The predicted molar refractivity (Wildman–Crippen MR) is 127 cm³/mol. The Hall–Kier alpha value is -1.55. The van der Waals surface area contributed by atoms with Crippen molar-refractivity contribution < 1.29 is 14.3 Å². The first-order valence-electron chi connectivity index (χ1n) is 9.91. The van der Waals surface area contributed by atoms with E-state index in [1.165, 1.54) is 4.90 Å². The number of benzene rings is 1. The van der Waals surface area contributed by atoms with Crippen molar-refractivity contribution in [3.8, 4) is 5.75 Å². The van der Waals surface area contributed by atoms with Crippen molar-refractivity contribution >= 4 is 35.8 Å². The fourth-order valence-corrected chi connectivity index (χ4v) is 3.10. The lowest BCUT2D eigenvalue weighted by Crippen LogP contribution is -2.39. The normalized spacial score (nSPS) is 14.7. The number of likely N-dealkylation sites (N-methyl/N-ethyl adjacent to an activating group) is 1. The molecule has 164 valence electrons. The Balaban J connectivity index is 0.00000420. The first-order chi connectivity index (χ1) is 13.5. The van der Waals surface area contributed by atoms with Gasteiger partial charge in [0.15, 0.2) is 12.6 Å². The summed E-state index contributed by atoms with van der Waals surface area (Å²) in [7, 11) is 7.31. The fourth-order valence-electron chi connectivity index (χ4n) is 3.10. The average molecular weight is 518 g/mol. The molecule has 0 unspecified atom stereocenters. The number of carbonyl (C=O) groups excluding carboxylic acids is 1. The Bertz CT molecular complexity index is 649. The van der Waals surface area contributed by atoms with Gasteiger partial charge in [0.1, 0.15) is 5.75 Å². The molecule has 1 heterocycles. The van der Waals surface area contributed by atoms with E-state index >= 15 is 0 Å². The highest BCUT2D eigenvalue weighted by atomic mass is 127. The van der Waals surface area contributed by atoms with Crippen molar-refractivity contribution in [2.45, 2.75) is 25.8 Å². The number of nitrogens with zero attached hydrogens (tertiary/aromatic N) is 3. The van der Waals surface area contributed by atoms with Gasteiger partial charge in [-0.1, -0.05) is 12.1 Å². The third-order valence-corrected chi connectivity index (χ3v) is 5.00. The highest BCUT2D eigenvalue weighted by Crippen LogP contribution is 2.18. The average Bonchev–Trinajstić information content (AvgIpc) is 2.72. The number of hydrogen-bond donors (Lipinski definition) is 1. The molecule has 0 atom stereocenters. The SMILES string of the molecule is CN=C(NCc1cccc(OCC(=O)N(C)C)c1)N(C)CCC1CCOCC1.I. The van der Waals surface area contributed by atoms with Crippen molar-refractivity contribution in [3.05, 3.63) is 29.8 Å². The van der Waals surface area contributed by atoms with Crippen LogP contribution < -0.4 is 10.1 Å². The minimum atomic E-state index is -0.0601. The molecular formula is C21H35IN4O3. The molecule has 1 saturated heterocycles. The highest BCUT2D eigenvalue weighted by Gasteiger charge is 2.15. The minimum absolute atomic E-state index is 0. The zero-order chi connectivity index (χ0) is 20.4. The number of amides is 1. The number of guanidine groups is 1. The molecule has 0 aromatic heterocycles. The molecule has 2 rings (SSSR count). The molecule has 1 fully saturated rings. The quantitative estimate of drug-likeness (QED) is 0.326. The third kappa shape index (κ3) is 9.20. The van der Waals surface area contributed by atoms with Crippen LogP contribution in [0.2, 0.25) is 0 Å². The molecule has 29 heavy (non-hydrogen) atoms. The smallest absolute Gasteiger partial charge is 0.259 e. The lowest BCUT2D eigenvalue weighted by Gasteiger charge is -2.26. The van der Waals surface area contributed by atoms with Gasteiger partial charge in [-0.05, 0) is 42.9 Å². The lowest BCUT2D eigenvalue weighted by atomic mass is 9.96. The Morgan fingerprint density at radius 2 is 2.00 bits per heavy atom. The second-order valence-corrected chi connectivity index (χ2v) is 7.39. The number of ether oxygens (including phenoxy) is 2. The second kappa shape index (κ2) is 13.6. The summed E-state index contributed by atoms with van der Waals surface area (Å²) in [6.07, 6.45) is 3.47. The van der Waals surface area contributed by atoms with Crippen LogP contribution >= 0.6 is 24.0 Å². The van der Waals surface area contributed by atoms with Gasteiger partial charge >= 0.3 is 0 Å².